The molecule has 0 radical (unpaired) electrons. The summed E-state index contributed by atoms with van der Waals surface area (Å²) in [6.07, 6.45) is 3.04. The molecule has 0 unspecified atom stereocenters. The summed E-state index contributed by atoms with van der Waals surface area (Å²) >= 11 is 0. The molecule has 0 aliphatic carbocycles. The number of rotatable bonds is 5. The lowest BCUT2D eigenvalue weighted by atomic mass is 10.0. The summed E-state index contributed by atoms with van der Waals surface area (Å²) in [7, 11) is 0. The Balaban J connectivity index is 1.68. The average molecular weight is 275 g/mol. The van der Waals surface area contributed by atoms with Gasteiger partial charge in [0, 0.05) is 32.2 Å². The summed E-state index contributed by atoms with van der Waals surface area (Å²) in [5.74, 6) is 0. The molecule has 1 aliphatic heterocycles. The van der Waals surface area contributed by atoms with Crippen molar-refractivity contribution in [2.24, 2.45) is 0 Å². The maximum Gasteiger partial charge on any atom is 0.315 e. The van der Waals surface area contributed by atoms with Crippen molar-refractivity contribution in [1.82, 2.24) is 15.5 Å². The van der Waals surface area contributed by atoms with Gasteiger partial charge in [0.1, 0.15) is 0 Å². The Bertz CT molecular complexity index is 399. The molecule has 0 aromatic heterocycles. The highest BCUT2D eigenvalue weighted by Crippen LogP contribution is 2.13. The summed E-state index contributed by atoms with van der Waals surface area (Å²) in [6.45, 7) is 5.91. The molecule has 0 atom stereocenters. The normalized spacial score (nSPS) is 16.9. The summed E-state index contributed by atoms with van der Waals surface area (Å²) in [4.78, 5) is 14.1. The molecule has 4 heteroatoms. The Morgan fingerprint density at radius 2 is 1.95 bits per heavy atom. The summed E-state index contributed by atoms with van der Waals surface area (Å²) in [6, 6.07) is 10.9. The van der Waals surface area contributed by atoms with E-state index in [9.17, 15) is 4.79 Å². The van der Waals surface area contributed by atoms with E-state index in [4.69, 9.17) is 0 Å². The van der Waals surface area contributed by atoms with E-state index >= 15 is 0 Å². The maximum atomic E-state index is 11.6. The Morgan fingerprint density at radius 3 is 2.60 bits per heavy atom. The fourth-order valence-corrected chi connectivity index (χ4v) is 2.55. The van der Waals surface area contributed by atoms with Crippen LogP contribution in [0.3, 0.4) is 0 Å². The third kappa shape index (κ3) is 4.85. The number of nitrogens with one attached hydrogen (secondary N) is 2. The number of carbonyl (C=O) groups is 1. The smallest absolute Gasteiger partial charge is 0.315 e. The molecule has 1 fully saturated rings. The topological polar surface area (TPSA) is 44.4 Å². The Labute approximate surface area is 121 Å². The Hall–Kier alpha value is -1.55. The van der Waals surface area contributed by atoms with Crippen molar-refractivity contribution in [3.63, 3.8) is 0 Å². The van der Waals surface area contributed by atoms with Crippen LogP contribution < -0.4 is 10.6 Å². The van der Waals surface area contributed by atoms with E-state index in [1.54, 1.807) is 0 Å². The van der Waals surface area contributed by atoms with Gasteiger partial charge in [-0.3, -0.25) is 4.90 Å². The predicted molar refractivity (Wildman–Crippen MR) is 81.6 cm³/mol. The van der Waals surface area contributed by atoms with Crippen molar-refractivity contribution in [2.45, 2.75) is 38.8 Å². The first-order valence-electron chi connectivity index (χ1n) is 7.58. The minimum atomic E-state index is -0.0200. The molecule has 4 nitrogen and oxygen atoms in total. The molecule has 20 heavy (non-hydrogen) atoms. The Morgan fingerprint density at radius 1 is 1.25 bits per heavy atom. The van der Waals surface area contributed by atoms with Crippen LogP contribution in [0.15, 0.2) is 30.3 Å². The Kier molecular flexibility index (Phi) is 5.87. The number of piperidine rings is 1. The zero-order valence-electron chi connectivity index (χ0n) is 12.3. The lowest BCUT2D eigenvalue weighted by Gasteiger charge is -2.32. The number of nitrogens with zero attached hydrogens (tertiary/aromatic N) is 1. The van der Waals surface area contributed by atoms with E-state index < -0.39 is 0 Å². The van der Waals surface area contributed by atoms with Gasteiger partial charge in [0.25, 0.3) is 0 Å². The van der Waals surface area contributed by atoms with Crippen LogP contribution in [0.2, 0.25) is 0 Å². The van der Waals surface area contributed by atoms with Gasteiger partial charge >= 0.3 is 6.03 Å². The van der Waals surface area contributed by atoms with Crippen molar-refractivity contribution in [3.05, 3.63) is 35.9 Å². The minimum absolute atomic E-state index is 0.0200. The van der Waals surface area contributed by atoms with Gasteiger partial charge in [-0.1, -0.05) is 37.3 Å². The number of benzene rings is 1. The molecule has 2 N–H and O–H groups in total. The number of carbonyl (C=O) groups excluding carboxylic acids is 1. The van der Waals surface area contributed by atoms with Crippen LogP contribution in [0.5, 0.6) is 0 Å². The number of likely N-dealkylation sites (tertiary alicyclic amines) is 1. The van der Waals surface area contributed by atoms with Crippen LogP contribution >= 0.6 is 0 Å². The van der Waals surface area contributed by atoms with Gasteiger partial charge in [-0.2, -0.15) is 0 Å². The van der Waals surface area contributed by atoms with Crippen molar-refractivity contribution in [2.75, 3.05) is 19.6 Å². The third-order valence-corrected chi connectivity index (χ3v) is 3.71. The van der Waals surface area contributed by atoms with Gasteiger partial charge in [0.2, 0.25) is 0 Å². The molecular formula is C16H25N3O. The first kappa shape index (κ1) is 14.9. The number of hydrogen-bond acceptors (Lipinski definition) is 2. The van der Waals surface area contributed by atoms with E-state index in [0.717, 1.165) is 45.4 Å². The van der Waals surface area contributed by atoms with Crippen LogP contribution in [0.25, 0.3) is 0 Å². The molecule has 1 aromatic rings. The van der Waals surface area contributed by atoms with Crippen LogP contribution in [0.1, 0.15) is 31.7 Å². The van der Waals surface area contributed by atoms with E-state index in [1.165, 1.54) is 5.56 Å². The predicted octanol–water partition coefficient (Wildman–Crippen LogP) is 2.36. The quantitative estimate of drug-likeness (QED) is 0.866. The number of hydrogen-bond donors (Lipinski definition) is 2. The van der Waals surface area contributed by atoms with Gasteiger partial charge in [0.15, 0.2) is 0 Å². The second-order valence-electron chi connectivity index (χ2n) is 5.44. The zero-order chi connectivity index (χ0) is 14.2. The second kappa shape index (κ2) is 7.90. The largest absolute Gasteiger partial charge is 0.338 e. The van der Waals surface area contributed by atoms with Crippen molar-refractivity contribution >= 4 is 6.03 Å². The summed E-state index contributed by atoms with van der Waals surface area (Å²) in [5.41, 5.74) is 1.36. The zero-order valence-corrected chi connectivity index (χ0v) is 12.3. The fourth-order valence-electron chi connectivity index (χ4n) is 2.55. The molecular weight excluding hydrogens is 250 g/mol. The molecule has 0 spiro atoms. The lowest BCUT2D eigenvalue weighted by molar-refractivity contribution is 0.186. The highest BCUT2D eigenvalue weighted by atomic mass is 16.2. The molecule has 1 aromatic carbocycles. The molecule has 110 valence electrons. The highest BCUT2D eigenvalue weighted by Gasteiger charge is 2.20. The highest BCUT2D eigenvalue weighted by molar-refractivity contribution is 5.74. The first-order chi connectivity index (χ1) is 9.78. The van der Waals surface area contributed by atoms with Crippen molar-refractivity contribution < 1.29 is 4.79 Å². The molecule has 2 rings (SSSR count). The van der Waals surface area contributed by atoms with E-state index in [-0.39, 0.29) is 6.03 Å². The van der Waals surface area contributed by atoms with Crippen LogP contribution in [-0.4, -0.2) is 36.6 Å². The van der Waals surface area contributed by atoms with Crippen LogP contribution in [-0.2, 0) is 6.54 Å². The van der Waals surface area contributed by atoms with Crippen LogP contribution in [0.4, 0.5) is 4.79 Å². The van der Waals surface area contributed by atoms with Gasteiger partial charge in [-0.05, 0) is 24.8 Å². The molecule has 0 bridgehead atoms. The molecule has 1 aliphatic rings. The van der Waals surface area contributed by atoms with E-state index in [0.29, 0.717) is 6.04 Å². The second-order valence-corrected chi connectivity index (χ2v) is 5.44. The molecule has 2 amide bonds. The summed E-state index contributed by atoms with van der Waals surface area (Å²) in [5, 5.41) is 5.93. The molecule has 0 saturated carbocycles. The standard InChI is InChI=1S/C16H25N3O/c1-2-10-17-16(20)18-15-8-11-19(12-9-15)13-14-6-4-3-5-7-14/h3-7,15H,2,8-13H2,1H3,(H2,17,18,20). The van der Waals surface area contributed by atoms with Gasteiger partial charge < -0.3 is 10.6 Å². The summed E-state index contributed by atoms with van der Waals surface area (Å²) < 4.78 is 0. The minimum Gasteiger partial charge on any atom is -0.338 e. The third-order valence-electron chi connectivity index (χ3n) is 3.71. The molecule has 1 saturated heterocycles. The first-order valence-corrected chi connectivity index (χ1v) is 7.58. The van der Waals surface area contributed by atoms with Gasteiger partial charge in [-0.25, -0.2) is 4.79 Å². The van der Waals surface area contributed by atoms with Gasteiger partial charge in [0.05, 0.1) is 0 Å². The maximum absolute atomic E-state index is 11.6. The SMILES string of the molecule is CCCNC(=O)NC1CCN(Cc2ccccc2)CC1. The number of urea groups is 1. The van der Waals surface area contributed by atoms with Gasteiger partial charge in [-0.15, -0.1) is 0 Å². The van der Waals surface area contributed by atoms with E-state index in [1.807, 2.05) is 0 Å². The fraction of sp³-hybridized carbons (Fsp3) is 0.562. The van der Waals surface area contributed by atoms with Crippen LogP contribution in [0, 0.1) is 0 Å². The lowest BCUT2D eigenvalue weighted by Crippen LogP contribution is -2.47. The number of amides is 2. The van der Waals surface area contributed by atoms with E-state index in [2.05, 4.69) is 52.8 Å². The van der Waals surface area contributed by atoms with Crippen molar-refractivity contribution in [3.8, 4) is 0 Å². The molecule has 1 heterocycles. The monoisotopic (exact) mass is 275 g/mol. The average Bonchev–Trinajstić information content (AvgIpc) is 2.48. The van der Waals surface area contributed by atoms with Crippen molar-refractivity contribution in [1.29, 1.82) is 0 Å².